The third kappa shape index (κ3) is 1.31. The average Bonchev–Trinajstić information content (AvgIpc) is 2.99. The quantitative estimate of drug-likeness (QED) is 0.749. The Bertz CT molecular complexity index is 396. The fourth-order valence-corrected chi connectivity index (χ4v) is 3.01. The summed E-state index contributed by atoms with van der Waals surface area (Å²) in [6.45, 7) is 0.645. The maximum Gasteiger partial charge on any atom is 0.123 e. The Labute approximate surface area is 89.5 Å². The first-order valence-electron chi connectivity index (χ1n) is 5.75. The predicted octanol–water partition coefficient (Wildman–Crippen LogP) is 2.69. The van der Waals surface area contributed by atoms with Gasteiger partial charge >= 0.3 is 0 Å². The van der Waals surface area contributed by atoms with Crippen molar-refractivity contribution in [1.29, 1.82) is 0 Å². The molecule has 2 N–H and O–H groups in total. The number of nitrogens with two attached hydrogens (primary N) is 1. The molecule has 1 aromatic rings. The van der Waals surface area contributed by atoms with Gasteiger partial charge in [0.15, 0.2) is 0 Å². The van der Waals surface area contributed by atoms with E-state index in [0.717, 1.165) is 6.42 Å². The first-order chi connectivity index (χ1) is 7.25. The van der Waals surface area contributed by atoms with Gasteiger partial charge in [-0.1, -0.05) is 6.07 Å². The summed E-state index contributed by atoms with van der Waals surface area (Å²) in [4.78, 5) is 0. The van der Waals surface area contributed by atoms with Gasteiger partial charge in [0.1, 0.15) is 5.82 Å². The van der Waals surface area contributed by atoms with Crippen LogP contribution in [0.4, 0.5) is 4.39 Å². The highest BCUT2D eigenvalue weighted by Gasteiger charge is 2.48. The third-order valence-electron chi connectivity index (χ3n) is 4.13. The SMILES string of the molecule is NCC1CCC2(CC2)c2ccc(F)cc21. The van der Waals surface area contributed by atoms with Gasteiger partial charge in [-0.25, -0.2) is 4.39 Å². The van der Waals surface area contributed by atoms with Gasteiger partial charge in [-0.3, -0.25) is 0 Å². The van der Waals surface area contributed by atoms with Crippen molar-refractivity contribution in [3.05, 3.63) is 35.1 Å². The topological polar surface area (TPSA) is 26.0 Å². The number of hydrogen-bond donors (Lipinski definition) is 1. The number of fused-ring (bicyclic) bond motifs is 2. The minimum Gasteiger partial charge on any atom is -0.330 e. The fourth-order valence-electron chi connectivity index (χ4n) is 3.01. The van der Waals surface area contributed by atoms with Crippen LogP contribution in [-0.4, -0.2) is 6.54 Å². The fraction of sp³-hybridized carbons (Fsp3) is 0.538. The van der Waals surface area contributed by atoms with Crippen LogP contribution >= 0.6 is 0 Å². The van der Waals surface area contributed by atoms with Gasteiger partial charge in [0.2, 0.25) is 0 Å². The van der Waals surface area contributed by atoms with E-state index in [1.165, 1.54) is 30.4 Å². The summed E-state index contributed by atoms with van der Waals surface area (Å²) in [5.74, 6) is 0.256. The van der Waals surface area contributed by atoms with Crippen LogP contribution in [-0.2, 0) is 5.41 Å². The summed E-state index contributed by atoms with van der Waals surface area (Å²) < 4.78 is 13.2. The van der Waals surface area contributed by atoms with Crippen molar-refractivity contribution in [2.45, 2.75) is 37.0 Å². The molecule has 1 fully saturated rings. The second-order valence-electron chi connectivity index (χ2n) is 4.98. The van der Waals surface area contributed by atoms with E-state index in [1.807, 2.05) is 6.07 Å². The minimum absolute atomic E-state index is 0.120. The zero-order valence-corrected chi connectivity index (χ0v) is 8.80. The first-order valence-corrected chi connectivity index (χ1v) is 5.75. The van der Waals surface area contributed by atoms with Crippen LogP contribution in [0.3, 0.4) is 0 Å². The highest BCUT2D eigenvalue weighted by Crippen LogP contribution is 2.57. The van der Waals surface area contributed by atoms with Crippen LogP contribution in [0.25, 0.3) is 0 Å². The van der Waals surface area contributed by atoms with Gasteiger partial charge in [-0.2, -0.15) is 0 Å². The van der Waals surface area contributed by atoms with Crippen molar-refractivity contribution in [2.24, 2.45) is 5.73 Å². The van der Waals surface area contributed by atoms with Gasteiger partial charge < -0.3 is 5.73 Å². The van der Waals surface area contributed by atoms with E-state index >= 15 is 0 Å². The lowest BCUT2D eigenvalue weighted by atomic mass is 9.74. The summed E-state index contributed by atoms with van der Waals surface area (Å²) in [5.41, 5.74) is 8.73. The number of rotatable bonds is 1. The van der Waals surface area contributed by atoms with Crippen molar-refractivity contribution >= 4 is 0 Å². The minimum atomic E-state index is -0.120. The van der Waals surface area contributed by atoms with Crippen LogP contribution in [0.2, 0.25) is 0 Å². The predicted molar refractivity (Wildman–Crippen MR) is 58.3 cm³/mol. The molecule has 0 saturated heterocycles. The van der Waals surface area contributed by atoms with Crippen LogP contribution in [0.15, 0.2) is 18.2 Å². The molecule has 80 valence electrons. The molecule has 0 aromatic heterocycles. The molecule has 1 nitrogen and oxygen atoms in total. The molecule has 1 spiro atoms. The molecule has 0 heterocycles. The number of benzene rings is 1. The number of halogens is 1. The standard InChI is InChI=1S/C13H16FN/c14-10-1-2-12-11(7-10)9(8-15)3-4-13(12)5-6-13/h1-2,7,9H,3-6,8,15H2. The van der Waals surface area contributed by atoms with Crippen LogP contribution < -0.4 is 5.73 Å². The van der Waals surface area contributed by atoms with E-state index in [9.17, 15) is 4.39 Å². The molecule has 2 heteroatoms. The molecule has 1 unspecified atom stereocenters. The molecule has 0 bridgehead atoms. The lowest BCUT2D eigenvalue weighted by Gasteiger charge is -2.31. The van der Waals surface area contributed by atoms with E-state index in [0.29, 0.717) is 17.9 Å². The monoisotopic (exact) mass is 205 g/mol. The smallest absolute Gasteiger partial charge is 0.123 e. The van der Waals surface area contributed by atoms with Crippen LogP contribution in [0.1, 0.15) is 42.7 Å². The zero-order valence-electron chi connectivity index (χ0n) is 8.80. The van der Waals surface area contributed by atoms with Crippen molar-refractivity contribution in [1.82, 2.24) is 0 Å². The summed E-state index contributed by atoms with van der Waals surface area (Å²) in [6.07, 6.45) is 4.94. The maximum absolute atomic E-state index is 13.2. The maximum atomic E-state index is 13.2. The van der Waals surface area contributed by atoms with Gasteiger partial charge in [0.25, 0.3) is 0 Å². The van der Waals surface area contributed by atoms with Crippen LogP contribution in [0.5, 0.6) is 0 Å². The van der Waals surface area contributed by atoms with Crippen molar-refractivity contribution in [2.75, 3.05) is 6.54 Å². The normalized spacial score (nSPS) is 26.4. The highest BCUT2D eigenvalue weighted by atomic mass is 19.1. The van der Waals surface area contributed by atoms with E-state index in [1.54, 1.807) is 12.1 Å². The van der Waals surface area contributed by atoms with E-state index in [2.05, 4.69) is 0 Å². The zero-order chi connectivity index (χ0) is 10.5. The second kappa shape index (κ2) is 3.05. The van der Waals surface area contributed by atoms with Gasteiger partial charge in [0, 0.05) is 0 Å². The van der Waals surface area contributed by atoms with E-state index in [-0.39, 0.29) is 5.82 Å². The molecule has 1 saturated carbocycles. The summed E-state index contributed by atoms with van der Waals surface area (Å²) in [5, 5.41) is 0. The van der Waals surface area contributed by atoms with Crippen molar-refractivity contribution in [3.63, 3.8) is 0 Å². The molecular weight excluding hydrogens is 189 g/mol. The van der Waals surface area contributed by atoms with Gasteiger partial charge in [-0.05, 0) is 66.8 Å². The van der Waals surface area contributed by atoms with Crippen LogP contribution in [0, 0.1) is 5.82 Å². The molecular formula is C13H16FN. The van der Waals surface area contributed by atoms with Gasteiger partial charge in [0.05, 0.1) is 0 Å². The average molecular weight is 205 g/mol. The molecule has 2 aliphatic rings. The lowest BCUT2D eigenvalue weighted by Crippen LogP contribution is -2.24. The Balaban J connectivity index is 2.12. The molecule has 3 rings (SSSR count). The highest BCUT2D eigenvalue weighted by molar-refractivity contribution is 5.43. The third-order valence-corrected chi connectivity index (χ3v) is 4.13. The van der Waals surface area contributed by atoms with E-state index in [4.69, 9.17) is 5.73 Å². The Morgan fingerprint density at radius 1 is 1.33 bits per heavy atom. The van der Waals surface area contributed by atoms with Gasteiger partial charge in [-0.15, -0.1) is 0 Å². The molecule has 0 amide bonds. The Morgan fingerprint density at radius 3 is 2.80 bits per heavy atom. The summed E-state index contributed by atoms with van der Waals surface area (Å²) in [6, 6.07) is 5.28. The molecule has 1 aromatic carbocycles. The molecule has 15 heavy (non-hydrogen) atoms. The van der Waals surface area contributed by atoms with E-state index < -0.39 is 0 Å². The Morgan fingerprint density at radius 2 is 2.13 bits per heavy atom. The first kappa shape index (κ1) is 9.34. The summed E-state index contributed by atoms with van der Waals surface area (Å²) >= 11 is 0. The molecule has 0 radical (unpaired) electrons. The molecule has 1 atom stereocenters. The largest absolute Gasteiger partial charge is 0.330 e. The Hall–Kier alpha value is -0.890. The van der Waals surface area contributed by atoms with Crippen molar-refractivity contribution in [3.8, 4) is 0 Å². The summed E-state index contributed by atoms with van der Waals surface area (Å²) in [7, 11) is 0. The molecule has 2 aliphatic carbocycles. The lowest BCUT2D eigenvalue weighted by molar-refractivity contribution is 0.471. The second-order valence-corrected chi connectivity index (χ2v) is 4.98. The molecule has 0 aliphatic heterocycles. The van der Waals surface area contributed by atoms with Crippen molar-refractivity contribution < 1.29 is 4.39 Å². The number of hydrogen-bond acceptors (Lipinski definition) is 1. The Kier molecular flexibility index (Phi) is 1.90.